The first-order valence-corrected chi connectivity index (χ1v) is 7.46. The number of amides is 1. The monoisotopic (exact) mass is 253 g/mol. The van der Waals surface area contributed by atoms with Crippen molar-refractivity contribution < 1.29 is 4.79 Å². The van der Waals surface area contributed by atoms with E-state index in [1.807, 2.05) is 0 Å². The molecule has 0 aromatic carbocycles. The highest BCUT2D eigenvalue weighted by molar-refractivity contribution is 5.82. The molecule has 2 atom stereocenters. The lowest BCUT2D eigenvalue weighted by Crippen LogP contribution is -2.60. The van der Waals surface area contributed by atoms with Crippen LogP contribution in [0.4, 0.5) is 0 Å². The van der Waals surface area contributed by atoms with Crippen LogP contribution >= 0.6 is 0 Å². The molecule has 0 bridgehead atoms. The molecule has 2 rings (SSSR count). The Morgan fingerprint density at radius 1 is 1.22 bits per heavy atom. The van der Waals surface area contributed by atoms with Gasteiger partial charge in [0, 0.05) is 32.2 Å². The second-order valence-corrected chi connectivity index (χ2v) is 5.83. The standard InChI is InChI=1S/C14H27N3O/c1-3-4-12-5-7-17(8-6-12)14(18)13-10-15-11(2)9-16-13/h11-13,15-16H,3-10H2,1-2H3. The van der Waals surface area contributed by atoms with Gasteiger partial charge in [-0.15, -0.1) is 0 Å². The van der Waals surface area contributed by atoms with Crippen molar-refractivity contribution in [2.75, 3.05) is 26.2 Å². The number of nitrogens with one attached hydrogen (secondary N) is 2. The molecule has 4 nitrogen and oxygen atoms in total. The van der Waals surface area contributed by atoms with E-state index in [4.69, 9.17) is 0 Å². The summed E-state index contributed by atoms with van der Waals surface area (Å²) >= 11 is 0. The zero-order valence-corrected chi connectivity index (χ0v) is 11.7. The Kier molecular flexibility index (Phi) is 5.01. The van der Waals surface area contributed by atoms with Gasteiger partial charge in [-0.3, -0.25) is 4.79 Å². The van der Waals surface area contributed by atoms with E-state index in [0.29, 0.717) is 11.9 Å². The SMILES string of the molecule is CCCC1CCN(C(=O)C2CNC(C)CN2)CC1. The van der Waals surface area contributed by atoms with Crippen molar-refractivity contribution >= 4 is 5.91 Å². The van der Waals surface area contributed by atoms with Gasteiger partial charge in [0.15, 0.2) is 0 Å². The van der Waals surface area contributed by atoms with E-state index >= 15 is 0 Å². The van der Waals surface area contributed by atoms with Crippen LogP contribution in [0.1, 0.15) is 39.5 Å². The smallest absolute Gasteiger partial charge is 0.241 e. The first-order chi connectivity index (χ1) is 8.70. The van der Waals surface area contributed by atoms with Crippen molar-refractivity contribution in [2.45, 2.75) is 51.6 Å². The van der Waals surface area contributed by atoms with Crippen LogP contribution in [0.25, 0.3) is 0 Å². The molecule has 2 fully saturated rings. The van der Waals surface area contributed by atoms with E-state index in [1.54, 1.807) is 0 Å². The number of carbonyl (C=O) groups is 1. The van der Waals surface area contributed by atoms with Crippen LogP contribution in [0, 0.1) is 5.92 Å². The number of hydrogen-bond donors (Lipinski definition) is 2. The Morgan fingerprint density at radius 2 is 1.94 bits per heavy atom. The fraction of sp³-hybridized carbons (Fsp3) is 0.929. The van der Waals surface area contributed by atoms with Crippen molar-refractivity contribution in [3.8, 4) is 0 Å². The molecule has 0 radical (unpaired) electrons. The molecular formula is C14H27N3O. The molecule has 0 aliphatic carbocycles. The van der Waals surface area contributed by atoms with E-state index in [-0.39, 0.29) is 6.04 Å². The Balaban J connectivity index is 1.77. The van der Waals surface area contributed by atoms with Crippen LogP contribution < -0.4 is 10.6 Å². The van der Waals surface area contributed by atoms with E-state index in [2.05, 4.69) is 29.4 Å². The molecular weight excluding hydrogens is 226 g/mol. The average molecular weight is 253 g/mol. The number of rotatable bonds is 3. The van der Waals surface area contributed by atoms with Crippen molar-refractivity contribution in [3.63, 3.8) is 0 Å². The largest absolute Gasteiger partial charge is 0.341 e. The maximum Gasteiger partial charge on any atom is 0.241 e. The zero-order valence-electron chi connectivity index (χ0n) is 11.7. The van der Waals surface area contributed by atoms with Crippen molar-refractivity contribution in [3.05, 3.63) is 0 Å². The lowest BCUT2D eigenvalue weighted by molar-refractivity contribution is -0.135. The lowest BCUT2D eigenvalue weighted by Gasteiger charge is -2.36. The average Bonchev–Trinajstić information content (AvgIpc) is 2.40. The van der Waals surface area contributed by atoms with Gasteiger partial charge in [0.05, 0.1) is 6.04 Å². The van der Waals surface area contributed by atoms with Crippen molar-refractivity contribution in [2.24, 2.45) is 5.92 Å². The van der Waals surface area contributed by atoms with Crippen LogP contribution in [-0.2, 0) is 4.79 Å². The van der Waals surface area contributed by atoms with Gasteiger partial charge in [-0.1, -0.05) is 19.8 Å². The van der Waals surface area contributed by atoms with Gasteiger partial charge in [-0.2, -0.15) is 0 Å². The third kappa shape index (κ3) is 3.45. The van der Waals surface area contributed by atoms with Gasteiger partial charge in [-0.25, -0.2) is 0 Å². The molecule has 0 aromatic rings. The summed E-state index contributed by atoms with van der Waals surface area (Å²) in [5.74, 6) is 1.14. The van der Waals surface area contributed by atoms with Gasteiger partial charge >= 0.3 is 0 Å². The predicted octanol–water partition coefficient (Wildman–Crippen LogP) is 0.975. The minimum atomic E-state index is -0.0103. The summed E-state index contributed by atoms with van der Waals surface area (Å²) in [6.45, 7) is 7.96. The minimum absolute atomic E-state index is 0.0103. The molecule has 2 heterocycles. The van der Waals surface area contributed by atoms with Crippen molar-refractivity contribution in [1.82, 2.24) is 15.5 Å². The molecule has 4 heteroatoms. The van der Waals surface area contributed by atoms with Crippen LogP contribution in [0.15, 0.2) is 0 Å². The highest BCUT2D eigenvalue weighted by Gasteiger charge is 2.29. The molecule has 18 heavy (non-hydrogen) atoms. The Labute approximate surface area is 110 Å². The van der Waals surface area contributed by atoms with Gasteiger partial charge in [0.2, 0.25) is 5.91 Å². The second-order valence-electron chi connectivity index (χ2n) is 5.83. The zero-order chi connectivity index (χ0) is 13.0. The third-order valence-electron chi connectivity index (χ3n) is 4.26. The van der Waals surface area contributed by atoms with Crippen LogP contribution in [0.5, 0.6) is 0 Å². The number of nitrogens with zero attached hydrogens (tertiary/aromatic N) is 1. The number of piperidine rings is 1. The highest BCUT2D eigenvalue weighted by atomic mass is 16.2. The van der Waals surface area contributed by atoms with E-state index in [0.717, 1.165) is 32.1 Å². The van der Waals surface area contributed by atoms with E-state index in [9.17, 15) is 4.79 Å². The number of carbonyl (C=O) groups excluding carboxylic acids is 1. The molecule has 1 amide bonds. The van der Waals surface area contributed by atoms with Crippen LogP contribution in [0.2, 0.25) is 0 Å². The number of hydrogen-bond acceptors (Lipinski definition) is 3. The van der Waals surface area contributed by atoms with Crippen LogP contribution in [0.3, 0.4) is 0 Å². The number of piperazine rings is 1. The summed E-state index contributed by atoms with van der Waals surface area (Å²) in [6, 6.07) is 0.466. The summed E-state index contributed by atoms with van der Waals surface area (Å²) in [7, 11) is 0. The molecule has 0 spiro atoms. The van der Waals surface area contributed by atoms with Crippen molar-refractivity contribution in [1.29, 1.82) is 0 Å². The summed E-state index contributed by atoms with van der Waals surface area (Å²) in [6.07, 6.45) is 4.97. The summed E-state index contributed by atoms with van der Waals surface area (Å²) in [5.41, 5.74) is 0. The molecule has 0 aromatic heterocycles. The minimum Gasteiger partial charge on any atom is -0.341 e. The molecule has 104 valence electrons. The van der Waals surface area contributed by atoms with Gasteiger partial charge < -0.3 is 15.5 Å². The van der Waals surface area contributed by atoms with Crippen LogP contribution in [-0.4, -0.2) is 49.1 Å². The first-order valence-electron chi connectivity index (χ1n) is 7.46. The Hall–Kier alpha value is -0.610. The quantitative estimate of drug-likeness (QED) is 0.788. The number of likely N-dealkylation sites (tertiary alicyclic amines) is 1. The molecule has 0 saturated carbocycles. The topological polar surface area (TPSA) is 44.4 Å². The normalized spacial score (nSPS) is 30.4. The predicted molar refractivity (Wildman–Crippen MR) is 73.5 cm³/mol. The first kappa shape index (κ1) is 13.8. The van der Waals surface area contributed by atoms with Gasteiger partial charge in [0.25, 0.3) is 0 Å². The lowest BCUT2D eigenvalue weighted by atomic mass is 9.92. The second kappa shape index (κ2) is 6.53. The fourth-order valence-electron chi connectivity index (χ4n) is 3.03. The molecule has 2 aliphatic heterocycles. The van der Waals surface area contributed by atoms with E-state index < -0.39 is 0 Å². The van der Waals surface area contributed by atoms with E-state index in [1.165, 1.54) is 25.7 Å². The summed E-state index contributed by atoms with van der Waals surface area (Å²) < 4.78 is 0. The molecule has 2 N–H and O–H groups in total. The maximum absolute atomic E-state index is 12.3. The summed E-state index contributed by atoms with van der Waals surface area (Å²) in [5, 5.41) is 6.72. The Bertz CT molecular complexity index is 266. The third-order valence-corrected chi connectivity index (χ3v) is 4.26. The highest BCUT2D eigenvalue weighted by Crippen LogP contribution is 2.22. The Morgan fingerprint density at radius 3 is 2.50 bits per heavy atom. The molecule has 2 saturated heterocycles. The van der Waals surface area contributed by atoms with Gasteiger partial charge in [-0.05, 0) is 25.7 Å². The molecule has 2 aliphatic rings. The fourth-order valence-corrected chi connectivity index (χ4v) is 3.03. The molecule has 2 unspecified atom stereocenters. The van der Waals surface area contributed by atoms with Gasteiger partial charge in [0.1, 0.15) is 0 Å². The maximum atomic E-state index is 12.3. The summed E-state index contributed by atoms with van der Waals surface area (Å²) in [4.78, 5) is 14.4.